The van der Waals surface area contributed by atoms with Crippen LogP contribution in [0.5, 0.6) is 0 Å². The number of pyridine rings is 1. The third-order valence-corrected chi connectivity index (χ3v) is 7.95. The van der Waals surface area contributed by atoms with Crippen molar-refractivity contribution in [2.45, 2.75) is 25.1 Å². The highest BCUT2D eigenvalue weighted by atomic mass is 79.9. The van der Waals surface area contributed by atoms with E-state index in [9.17, 15) is 0 Å². The third-order valence-electron chi connectivity index (χ3n) is 2.88. The largest absolute Gasteiger partial charge is 0.249 e. The Labute approximate surface area is 82.4 Å². The molecule has 0 radical (unpaired) electrons. The van der Waals surface area contributed by atoms with Gasteiger partial charge in [-0.15, -0.1) is 0 Å². The topological polar surface area (TPSA) is 12.9 Å². The molecule has 1 saturated heterocycles. The highest BCUT2D eigenvalue weighted by Gasteiger charge is 2.36. The number of hydrogen-bond acceptors (Lipinski definition) is 1. The normalized spacial score (nSPS) is 20.2. The van der Waals surface area contributed by atoms with Crippen molar-refractivity contribution in [3.8, 4) is 0 Å². The third kappa shape index (κ3) is 1.36. The highest BCUT2D eigenvalue weighted by Crippen LogP contribution is 2.31. The van der Waals surface area contributed by atoms with Crippen molar-refractivity contribution in [3.63, 3.8) is 0 Å². The summed E-state index contributed by atoms with van der Waals surface area (Å²) >= 11 is 3.36. The Morgan fingerprint density at radius 1 is 1.42 bits per heavy atom. The van der Waals surface area contributed by atoms with Gasteiger partial charge in [0.1, 0.15) is 4.60 Å². The molecular weight excluding hydrogens is 230 g/mol. The van der Waals surface area contributed by atoms with Gasteiger partial charge >= 0.3 is 0 Å². The summed E-state index contributed by atoms with van der Waals surface area (Å²) in [6, 6.07) is 7.21. The van der Waals surface area contributed by atoms with Crippen molar-refractivity contribution in [2.24, 2.45) is 0 Å². The first-order chi connectivity index (χ1) is 5.71. The molecule has 1 fully saturated rings. The molecule has 0 aliphatic carbocycles. The first kappa shape index (κ1) is 8.45. The van der Waals surface area contributed by atoms with Crippen molar-refractivity contribution in [1.82, 2.24) is 4.98 Å². The molecule has 0 bridgehead atoms. The number of halogens is 1. The van der Waals surface area contributed by atoms with E-state index >= 15 is 0 Å². The van der Waals surface area contributed by atoms with Crippen LogP contribution in [-0.4, -0.2) is 13.1 Å². The van der Waals surface area contributed by atoms with Crippen LogP contribution in [0.25, 0.3) is 0 Å². The molecule has 1 nitrogen and oxygen atoms in total. The Balaban J connectivity index is 2.28. The van der Waals surface area contributed by atoms with Gasteiger partial charge in [-0.25, -0.2) is 4.98 Å². The molecule has 12 heavy (non-hydrogen) atoms. The van der Waals surface area contributed by atoms with E-state index < -0.39 is 8.07 Å². The zero-order valence-electron chi connectivity index (χ0n) is 7.18. The van der Waals surface area contributed by atoms with Crippen molar-refractivity contribution in [3.05, 3.63) is 22.9 Å². The lowest BCUT2D eigenvalue weighted by molar-refractivity contribution is 0.916. The lowest BCUT2D eigenvalue weighted by Crippen LogP contribution is -2.50. The molecule has 1 aliphatic rings. The molecule has 64 valence electrons. The van der Waals surface area contributed by atoms with E-state index in [0.29, 0.717) is 0 Å². The molecule has 0 amide bonds. The predicted octanol–water partition coefficient (Wildman–Crippen LogP) is 2.53. The molecule has 0 aromatic carbocycles. The first-order valence-corrected chi connectivity index (χ1v) is 8.03. The maximum Gasteiger partial charge on any atom is 0.106 e. The molecule has 0 spiro atoms. The molecule has 1 aromatic heterocycles. The average molecular weight is 242 g/mol. The van der Waals surface area contributed by atoms with Crippen molar-refractivity contribution >= 4 is 29.2 Å². The van der Waals surface area contributed by atoms with Gasteiger partial charge in [-0.1, -0.05) is 31.1 Å². The van der Waals surface area contributed by atoms with Crippen LogP contribution in [0.3, 0.4) is 0 Å². The lowest BCUT2D eigenvalue weighted by atomic mass is 10.5. The van der Waals surface area contributed by atoms with E-state index in [1.807, 2.05) is 0 Å². The molecule has 0 unspecified atom stereocenters. The second-order valence-electron chi connectivity index (χ2n) is 3.78. The van der Waals surface area contributed by atoms with Gasteiger partial charge in [0.15, 0.2) is 0 Å². The van der Waals surface area contributed by atoms with Crippen LogP contribution in [0.4, 0.5) is 0 Å². The predicted molar refractivity (Wildman–Crippen MR) is 57.4 cm³/mol. The summed E-state index contributed by atoms with van der Waals surface area (Å²) in [5.41, 5.74) is 0. The minimum atomic E-state index is -0.979. The molecular formula is C9H12BrNSi. The van der Waals surface area contributed by atoms with Crippen LogP contribution in [0.1, 0.15) is 6.42 Å². The molecule has 0 atom stereocenters. The van der Waals surface area contributed by atoms with E-state index in [1.54, 1.807) is 0 Å². The summed E-state index contributed by atoms with van der Waals surface area (Å²) < 4.78 is 0.947. The Kier molecular flexibility index (Phi) is 2.08. The van der Waals surface area contributed by atoms with Crippen LogP contribution in [0, 0.1) is 0 Å². The van der Waals surface area contributed by atoms with E-state index in [2.05, 4.69) is 45.8 Å². The molecule has 2 heterocycles. The average Bonchev–Trinajstić information content (AvgIpc) is 2.02. The molecule has 1 aromatic rings. The Hall–Kier alpha value is -0.153. The van der Waals surface area contributed by atoms with Crippen LogP contribution < -0.4 is 5.19 Å². The number of hydrogen-bond donors (Lipinski definition) is 0. The quantitative estimate of drug-likeness (QED) is 0.544. The van der Waals surface area contributed by atoms with Crippen LogP contribution in [-0.2, 0) is 0 Å². The van der Waals surface area contributed by atoms with Crippen LogP contribution in [0.15, 0.2) is 22.9 Å². The van der Waals surface area contributed by atoms with Gasteiger partial charge in [0, 0.05) is 6.20 Å². The maximum atomic E-state index is 4.28. The van der Waals surface area contributed by atoms with Crippen molar-refractivity contribution < 1.29 is 0 Å². The standard InChI is InChI=1S/C9H12BrNSi/c1-12(5-2-6-12)8-3-4-9(10)11-7-8/h3-4,7H,2,5-6H2,1H3. The molecule has 0 N–H and O–H groups in total. The van der Waals surface area contributed by atoms with Gasteiger partial charge in [0.05, 0.1) is 8.07 Å². The lowest BCUT2D eigenvalue weighted by Gasteiger charge is -2.36. The zero-order valence-corrected chi connectivity index (χ0v) is 9.76. The van der Waals surface area contributed by atoms with Gasteiger partial charge in [-0.2, -0.15) is 0 Å². The van der Waals surface area contributed by atoms with E-state index in [1.165, 1.54) is 23.7 Å². The summed E-state index contributed by atoms with van der Waals surface area (Å²) in [4.78, 5) is 4.28. The van der Waals surface area contributed by atoms with E-state index in [-0.39, 0.29) is 0 Å². The first-order valence-electron chi connectivity index (χ1n) is 4.33. The Morgan fingerprint density at radius 2 is 2.17 bits per heavy atom. The van der Waals surface area contributed by atoms with Gasteiger partial charge < -0.3 is 0 Å². The SMILES string of the molecule is C[Si]1(c2ccc(Br)nc2)CCC1. The molecule has 3 heteroatoms. The number of nitrogens with zero attached hydrogens (tertiary/aromatic N) is 1. The number of aromatic nitrogens is 1. The monoisotopic (exact) mass is 241 g/mol. The minimum Gasteiger partial charge on any atom is -0.249 e. The second-order valence-corrected chi connectivity index (χ2v) is 9.29. The van der Waals surface area contributed by atoms with Gasteiger partial charge in [-0.05, 0) is 27.2 Å². The summed E-state index contributed by atoms with van der Waals surface area (Å²) in [5.74, 6) is 0. The minimum absolute atomic E-state index is 0.947. The second kappa shape index (κ2) is 2.96. The highest BCUT2D eigenvalue weighted by molar-refractivity contribution is 9.10. The van der Waals surface area contributed by atoms with Gasteiger partial charge in [0.25, 0.3) is 0 Å². The van der Waals surface area contributed by atoms with Crippen molar-refractivity contribution in [1.29, 1.82) is 0 Å². The van der Waals surface area contributed by atoms with E-state index in [4.69, 9.17) is 0 Å². The Bertz CT molecular complexity index is 279. The zero-order chi connectivity index (χ0) is 8.60. The molecule has 2 rings (SSSR count). The smallest absolute Gasteiger partial charge is 0.106 e. The summed E-state index contributed by atoms with van der Waals surface area (Å²) in [7, 11) is -0.979. The molecule has 1 aliphatic heterocycles. The summed E-state index contributed by atoms with van der Waals surface area (Å²) in [6.07, 6.45) is 3.48. The maximum absolute atomic E-state index is 4.28. The van der Waals surface area contributed by atoms with Crippen molar-refractivity contribution in [2.75, 3.05) is 0 Å². The van der Waals surface area contributed by atoms with Crippen LogP contribution >= 0.6 is 15.9 Å². The fourth-order valence-corrected chi connectivity index (χ4v) is 4.82. The van der Waals surface area contributed by atoms with Crippen LogP contribution in [0.2, 0.25) is 18.6 Å². The van der Waals surface area contributed by atoms with Gasteiger partial charge in [-0.3, -0.25) is 0 Å². The molecule has 0 saturated carbocycles. The fourth-order valence-electron chi connectivity index (χ4n) is 1.73. The number of rotatable bonds is 1. The summed E-state index contributed by atoms with van der Waals surface area (Å²) in [6.45, 7) is 2.46. The van der Waals surface area contributed by atoms with E-state index in [0.717, 1.165) is 4.60 Å². The van der Waals surface area contributed by atoms with Gasteiger partial charge in [0.2, 0.25) is 0 Å². The fraction of sp³-hybridized carbons (Fsp3) is 0.444. The summed E-state index contributed by atoms with van der Waals surface area (Å²) in [5, 5.41) is 1.52. The Morgan fingerprint density at radius 3 is 2.58 bits per heavy atom.